The number of carbonyl (C=O) groups excluding carboxylic acids is 1. The molecule has 0 heterocycles. The first kappa shape index (κ1) is 22.5. The average molecular weight is 443 g/mol. The predicted molar refractivity (Wildman–Crippen MR) is 116 cm³/mol. The van der Waals surface area contributed by atoms with Gasteiger partial charge in [0.1, 0.15) is 0 Å². The van der Waals surface area contributed by atoms with E-state index in [1.807, 2.05) is 37.3 Å². The van der Waals surface area contributed by atoms with Gasteiger partial charge in [-0.1, -0.05) is 60.5 Å². The van der Waals surface area contributed by atoms with Crippen LogP contribution in [-0.4, -0.2) is 33.7 Å². The van der Waals surface area contributed by atoms with Crippen LogP contribution < -0.4 is 9.62 Å². The third-order valence-electron chi connectivity index (χ3n) is 4.27. The van der Waals surface area contributed by atoms with E-state index in [-0.39, 0.29) is 24.8 Å². The van der Waals surface area contributed by atoms with E-state index < -0.39 is 10.0 Å². The van der Waals surface area contributed by atoms with E-state index in [0.717, 1.165) is 11.8 Å². The molecular formula is C20H24Cl2N2O3S. The number of sulfonamides is 1. The Morgan fingerprint density at radius 3 is 2.29 bits per heavy atom. The smallest absolute Gasteiger partial charge is 0.232 e. The number of rotatable bonds is 9. The molecule has 0 fully saturated rings. The molecule has 0 aliphatic heterocycles. The van der Waals surface area contributed by atoms with E-state index in [2.05, 4.69) is 5.32 Å². The Bertz CT molecular complexity index is 885. The van der Waals surface area contributed by atoms with Crippen molar-refractivity contribution in [2.24, 2.45) is 0 Å². The molecule has 2 aromatic rings. The van der Waals surface area contributed by atoms with Crippen molar-refractivity contribution < 1.29 is 13.2 Å². The zero-order chi connectivity index (χ0) is 20.7. The summed E-state index contributed by atoms with van der Waals surface area (Å²) >= 11 is 12.0. The first-order valence-corrected chi connectivity index (χ1v) is 11.5. The van der Waals surface area contributed by atoms with Crippen LogP contribution in [0.15, 0.2) is 48.5 Å². The van der Waals surface area contributed by atoms with Gasteiger partial charge in [-0.3, -0.25) is 9.10 Å². The van der Waals surface area contributed by atoms with Crippen molar-refractivity contribution in [1.29, 1.82) is 0 Å². The lowest BCUT2D eigenvalue weighted by atomic mass is 10.0. The number of nitrogens with one attached hydrogen (secondary N) is 1. The summed E-state index contributed by atoms with van der Waals surface area (Å²) in [5, 5.41) is 3.60. The lowest BCUT2D eigenvalue weighted by Gasteiger charge is -2.23. The van der Waals surface area contributed by atoms with Crippen LogP contribution >= 0.6 is 23.2 Å². The van der Waals surface area contributed by atoms with E-state index in [4.69, 9.17) is 23.2 Å². The minimum Gasteiger partial charge on any atom is -0.356 e. The molecule has 0 unspecified atom stereocenters. The van der Waals surface area contributed by atoms with Crippen molar-refractivity contribution >= 4 is 44.8 Å². The molecule has 0 aliphatic carbocycles. The molecule has 8 heteroatoms. The summed E-state index contributed by atoms with van der Waals surface area (Å²) in [5.74, 6) is 0.0895. The zero-order valence-corrected chi connectivity index (χ0v) is 18.2. The van der Waals surface area contributed by atoms with Crippen LogP contribution in [-0.2, 0) is 14.8 Å². The molecule has 0 saturated heterocycles. The zero-order valence-electron chi connectivity index (χ0n) is 15.9. The van der Waals surface area contributed by atoms with Crippen LogP contribution in [0.2, 0.25) is 10.0 Å². The second-order valence-electron chi connectivity index (χ2n) is 6.68. The van der Waals surface area contributed by atoms with Crippen LogP contribution in [0.5, 0.6) is 0 Å². The fourth-order valence-electron chi connectivity index (χ4n) is 2.81. The maximum Gasteiger partial charge on any atom is 0.232 e. The molecule has 0 spiro atoms. The first-order valence-electron chi connectivity index (χ1n) is 8.92. The topological polar surface area (TPSA) is 66.5 Å². The van der Waals surface area contributed by atoms with E-state index >= 15 is 0 Å². The lowest BCUT2D eigenvalue weighted by molar-refractivity contribution is -0.121. The standard InChI is InChI=1S/C20H24Cl2N2O3S/c1-15(16-7-4-3-5-8-16)14-23-20(25)9-6-10-24(28(2,26)27)19-12-17(21)11-18(22)13-19/h3-5,7-8,11-13,15H,6,9-10,14H2,1-2H3,(H,23,25)/t15-/m0/s1. The van der Waals surface area contributed by atoms with Gasteiger partial charge < -0.3 is 5.32 Å². The summed E-state index contributed by atoms with van der Waals surface area (Å²) in [7, 11) is -3.53. The highest BCUT2D eigenvalue weighted by Crippen LogP contribution is 2.27. The predicted octanol–water partition coefficient (Wildman–Crippen LogP) is 4.46. The molecule has 2 aromatic carbocycles. The molecule has 0 saturated carbocycles. The van der Waals surface area contributed by atoms with Gasteiger partial charge in [-0.05, 0) is 36.1 Å². The van der Waals surface area contributed by atoms with Gasteiger partial charge in [-0.15, -0.1) is 0 Å². The summed E-state index contributed by atoms with van der Waals surface area (Å²) in [4.78, 5) is 12.1. The monoisotopic (exact) mass is 442 g/mol. The number of anilines is 1. The van der Waals surface area contributed by atoms with E-state index in [0.29, 0.717) is 28.7 Å². The molecule has 2 rings (SSSR count). The van der Waals surface area contributed by atoms with Crippen molar-refractivity contribution in [3.8, 4) is 0 Å². The molecule has 0 aromatic heterocycles. The second kappa shape index (κ2) is 10.1. The molecule has 0 aliphatic rings. The molecular weight excluding hydrogens is 419 g/mol. The van der Waals surface area contributed by atoms with E-state index in [1.54, 1.807) is 0 Å². The van der Waals surface area contributed by atoms with Crippen molar-refractivity contribution in [3.05, 3.63) is 64.1 Å². The lowest BCUT2D eigenvalue weighted by Crippen LogP contribution is -2.32. The summed E-state index contributed by atoms with van der Waals surface area (Å²) in [5.41, 5.74) is 1.54. The van der Waals surface area contributed by atoms with Gasteiger partial charge in [-0.25, -0.2) is 8.42 Å². The highest BCUT2D eigenvalue weighted by molar-refractivity contribution is 7.92. The normalized spacial score (nSPS) is 12.4. The summed E-state index contributed by atoms with van der Waals surface area (Å²) in [6.07, 6.45) is 1.72. The maximum absolute atomic E-state index is 12.1. The number of carbonyl (C=O) groups is 1. The second-order valence-corrected chi connectivity index (χ2v) is 9.46. The van der Waals surface area contributed by atoms with Gasteiger partial charge in [-0.2, -0.15) is 0 Å². The number of hydrogen-bond donors (Lipinski definition) is 1. The third kappa shape index (κ3) is 7.00. The fourth-order valence-corrected chi connectivity index (χ4v) is 4.27. The molecule has 5 nitrogen and oxygen atoms in total. The van der Waals surface area contributed by atoms with Crippen molar-refractivity contribution in [2.75, 3.05) is 23.7 Å². The van der Waals surface area contributed by atoms with Crippen LogP contribution in [0.1, 0.15) is 31.2 Å². The summed E-state index contributed by atoms with van der Waals surface area (Å²) in [6.45, 7) is 2.74. The maximum atomic E-state index is 12.1. The average Bonchev–Trinajstić information content (AvgIpc) is 2.62. The fraction of sp³-hybridized carbons (Fsp3) is 0.350. The Balaban J connectivity index is 1.89. The SMILES string of the molecule is C[C@@H](CNC(=O)CCCN(c1cc(Cl)cc(Cl)c1)S(C)(=O)=O)c1ccccc1. The van der Waals surface area contributed by atoms with Crippen molar-refractivity contribution in [2.45, 2.75) is 25.7 Å². The Labute approximate surface area is 176 Å². The Morgan fingerprint density at radius 2 is 1.71 bits per heavy atom. The van der Waals surface area contributed by atoms with Gasteiger partial charge in [0, 0.05) is 29.6 Å². The molecule has 28 heavy (non-hydrogen) atoms. The molecule has 1 amide bonds. The van der Waals surface area contributed by atoms with E-state index in [1.165, 1.54) is 22.5 Å². The molecule has 0 bridgehead atoms. The molecule has 152 valence electrons. The Morgan fingerprint density at radius 1 is 1.11 bits per heavy atom. The van der Waals surface area contributed by atoms with E-state index in [9.17, 15) is 13.2 Å². The van der Waals surface area contributed by atoms with Crippen LogP contribution in [0.4, 0.5) is 5.69 Å². The number of benzene rings is 2. The molecule has 0 radical (unpaired) electrons. The number of amides is 1. The van der Waals surface area contributed by atoms with Gasteiger partial charge in [0.25, 0.3) is 0 Å². The highest BCUT2D eigenvalue weighted by atomic mass is 35.5. The van der Waals surface area contributed by atoms with Gasteiger partial charge in [0.05, 0.1) is 11.9 Å². The minimum atomic E-state index is -3.53. The van der Waals surface area contributed by atoms with Crippen LogP contribution in [0.3, 0.4) is 0 Å². The molecule has 1 atom stereocenters. The van der Waals surface area contributed by atoms with Gasteiger partial charge >= 0.3 is 0 Å². The summed E-state index contributed by atoms with van der Waals surface area (Å²) in [6, 6.07) is 14.6. The Hall–Kier alpha value is -1.76. The highest BCUT2D eigenvalue weighted by Gasteiger charge is 2.19. The number of hydrogen-bond acceptors (Lipinski definition) is 3. The van der Waals surface area contributed by atoms with Gasteiger partial charge in [0.15, 0.2) is 0 Å². The number of halogens is 2. The van der Waals surface area contributed by atoms with Gasteiger partial charge in [0.2, 0.25) is 15.9 Å². The van der Waals surface area contributed by atoms with Crippen LogP contribution in [0.25, 0.3) is 0 Å². The molecule has 1 N–H and O–H groups in total. The number of nitrogens with zero attached hydrogens (tertiary/aromatic N) is 1. The van der Waals surface area contributed by atoms with Crippen molar-refractivity contribution in [3.63, 3.8) is 0 Å². The Kier molecular flexibility index (Phi) is 8.16. The van der Waals surface area contributed by atoms with Crippen molar-refractivity contribution in [1.82, 2.24) is 5.32 Å². The van der Waals surface area contributed by atoms with Crippen LogP contribution in [0, 0.1) is 0 Å². The third-order valence-corrected chi connectivity index (χ3v) is 5.91. The minimum absolute atomic E-state index is 0.111. The summed E-state index contributed by atoms with van der Waals surface area (Å²) < 4.78 is 25.5. The largest absolute Gasteiger partial charge is 0.356 e. The quantitative estimate of drug-likeness (QED) is 0.623. The first-order chi connectivity index (χ1) is 13.2.